The minimum atomic E-state index is 0.182. The second-order valence-electron chi connectivity index (χ2n) is 5.25. The van der Waals surface area contributed by atoms with E-state index in [0.29, 0.717) is 0 Å². The van der Waals surface area contributed by atoms with Crippen LogP contribution in [0, 0.1) is 0 Å². The van der Waals surface area contributed by atoms with Gasteiger partial charge < -0.3 is 15.0 Å². The summed E-state index contributed by atoms with van der Waals surface area (Å²) < 4.78 is 5.34. The minimum Gasteiger partial charge on any atom is -0.497 e. The van der Waals surface area contributed by atoms with Crippen LogP contribution in [-0.2, 0) is 0 Å². The van der Waals surface area contributed by atoms with Crippen molar-refractivity contribution in [2.24, 2.45) is 0 Å². The van der Waals surface area contributed by atoms with Crippen molar-refractivity contribution in [2.45, 2.75) is 13.0 Å². The normalized spacial score (nSPS) is 12.0. The first-order valence-electron chi connectivity index (χ1n) is 7.30. The van der Waals surface area contributed by atoms with Gasteiger partial charge in [0.1, 0.15) is 5.75 Å². The summed E-state index contributed by atoms with van der Waals surface area (Å²) in [6.45, 7) is 3.04. The van der Waals surface area contributed by atoms with Gasteiger partial charge in [-0.25, -0.2) is 0 Å². The second-order valence-corrected chi connectivity index (χ2v) is 5.25. The number of ether oxygens (including phenoxy) is 1. The van der Waals surface area contributed by atoms with Gasteiger partial charge in [-0.15, -0.1) is 0 Å². The summed E-state index contributed by atoms with van der Waals surface area (Å²) in [5.41, 5.74) is 3.68. The highest BCUT2D eigenvalue weighted by atomic mass is 16.5. The zero-order valence-electron chi connectivity index (χ0n) is 13.3. The molecule has 2 aromatic rings. The lowest BCUT2D eigenvalue weighted by Gasteiger charge is -2.21. The van der Waals surface area contributed by atoms with Crippen molar-refractivity contribution in [1.82, 2.24) is 5.32 Å². The fraction of sp³-hybridized carbons (Fsp3) is 0.333. The molecule has 0 radical (unpaired) electrons. The first-order valence-corrected chi connectivity index (χ1v) is 7.30. The van der Waals surface area contributed by atoms with E-state index in [1.54, 1.807) is 7.11 Å². The third kappa shape index (κ3) is 3.76. The summed E-state index contributed by atoms with van der Waals surface area (Å²) in [6, 6.07) is 17.1. The van der Waals surface area contributed by atoms with Crippen molar-refractivity contribution in [2.75, 3.05) is 32.6 Å². The van der Waals surface area contributed by atoms with Crippen molar-refractivity contribution in [3.8, 4) is 5.75 Å². The van der Waals surface area contributed by atoms with Crippen LogP contribution in [-0.4, -0.2) is 27.7 Å². The first-order chi connectivity index (χ1) is 10.2. The summed E-state index contributed by atoms with van der Waals surface area (Å²) >= 11 is 0. The molecule has 0 aliphatic heterocycles. The average Bonchev–Trinajstić information content (AvgIpc) is 2.52. The largest absolute Gasteiger partial charge is 0.497 e. The molecule has 3 heteroatoms. The molecule has 1 N–H and O–H groups in total. The molecule has 0 saturated heterocycles. The molecule has 0 saturated carbocycles. The molecule has 3 nitrogen and oxygen atoms in total. The summed E-state index contributed by atoms with van der Waals surface area (Å²) in [7, 11) is 5.81. The van der Waals surface area contributed by atoms with Gasteiger partial charge in [0.25, 0.3) is 0 Å². The zero-order valence-corrected chi connectivity index (χ0v) is 13.3. The third-order valence-electron chi connectivity index (χ3n) is 3.58. The Kier molecular flexibility index (Phi) is 5.23. The van der Waals surface area contributed by atoms with Crippen LogP contribution in [0.4, 0.5) is 5.69 Å². The lowest BCUT2D eigenvalue weighted by molar-refractivity contribution is 0.413. The van der Waals surface area contributed by atoms with Crippen LogP contribution in [0.2, 0.25) is 0 Å². The Labute approximate surface area is 127 Å². The molecule has 0 amide bonds. The molecule has 0 aliphatic rings. The number of benzene rings is 2. The Bertz CT molecular complexity index is 564. The highest BCUT2D eigenvalue weighted by Crippen LogP contribution is 2.26. The maximum absolute atomic E-state index is 5.34. The van der Waals surface area contributed by atoms with Crippen LogP contribution < -0.4 is 15.0 Å². The van der Waals surface area contributed by atoms with Crippen LogP contribution in [0.25, 0.3) is 0 Å². The van der Waals surface area contributed by atoms with Gasteiger partial charge >= 0.3 is 0 Å². The molecule has 1 unspecified atom stereocenters. The van der Waals surface area contributed by atoms with Gasteiger partial charge in [0.15, 0.2) is 0 Å². The maximum Gasteiger partial charge on any atom is 0.119 e. The third-order valence-corrected chi connectivity index (χ3v) is 3.58. The molecule has 2 aromatic carbocycles. The number of nitrogens with one attached hydrogen (secondary N) is 1. The number of hydrogen-bond donors (Lipinski definition) is 1. The molecular weight excluding hydrogens is 260 g/mol. The predicted octanol–water partition coefficient (Wildman–Crippen LogP) is 3.46. The Morgan fingerprint density at radius 1 is 1.05 bits per heavy atom. The van der Waals surface area contributed by atoms with Gasteiger partial charge in [-0.3, -0.25) is 0 Å². The quantitative estimate of drug-likeness (QED) is 0.879. The van der Waals surface area contributed by atoms with E-state index in [0.717, 1.165) is 12.3 Å². The SMILES string of the molecule is CCNC(c1ccc(N(C)C)cc1)c1cccc(OC)c1. The van der Waals surface area contributed by atoms with Crippen LogP contribution in [0.1, 0.15) is 24.1 Å². The maximum atomic E-state index is 5.34. The average molecular weight is 284 g/mol. The molecule has 0 fully saturated rings. The minimum absolute atomic E-state index is 0.182. The highest BCUT2D eigenvalue weighted by molar-refractivity contribution is 5.48. The number of anilines is 1. The van der Waals surface area contributed by atoms with E-state index in [1.165, 1.54) is 16.8 Å². The molecule has 1 atom stereocenters. The second kappa shape index (κ2) is 7.14. The summed E-state index contributed by atoms with van der Waals surface area (Å²) in [5.74, 6) is 0.889. The van der Waals surface area contributed by atoms with Crippen LogP contribution in [0.15, 0.2) is 48.5 Å². The van der Waals surface area contributed by atoms with E-state index < -0.39 is 0 Å². The number of rotatable bonds is 6. The molecule has 2 rings (SSSR count). The summed E-state index contributed by atoms with van der Waals surface area (Å²) in [6.07, 6.45) is 0. The van der Waals surface area contributed by atoms with Crippen molar-refractivity contribution in [3.63, 3.8) is 0 Å². The van der Waals surface area contributed by atoms with Gasteiger partial charge in [-0.2, -0.15) is 0 Å². The smallest absolute Gasteiger partial charge is 0.119 e. The van der Waals surface area contributed by atoms with E-state index in [4.69, 9.17) is 4.74 Å². The molecular formula is C18H24N2O. The standard InChI is InChI=1S/C18H24N2O/c1-5-19-18(15-7-6-8-17(13-15)21-4)14-9-11-16(12-10-14)20(2)3/h6-13,18-19H,5H2,1-4H3. The molecule has 0 aliphatic carbocycles. The molecule has 0 heterocycles. The Balaban J connectivity index is 2.33. The lowest BCUT2D eigenvalue weighted by Crippen LogP contribution is -2.22. The fourth-order valence-electron chi connectivity index (χ4n) is 2.42. The fourth-order valence-corrected chi connectivity index (χ4v) is 2.42. The molecule has 21 heavy (non-hydrogen) atoms. The number of methoxy groups -OCH3 is 1. The molecule has 0 aromatic heterocycles. The Morgan fingerprint density at radius 3 is 2.33 bits per heavy atom. The van der Waals surface area contributed by atoms with E-state index in [9.17, 15) is 0 Å². The first kappa shape index (κ1) is 15.4. The number of hydrogen-bond acceptors (Lipinski definition) is 3. The van der Waals surface area contributed by atoms with Gasteiger partial charge in [-0.1, -0.05) is 31.2 Å². The van der Waals surface area contributed by atoms with E-state index in [1.807, 2.05) is 12.1 Å². The molecule has 0 bridgehead atoms. The van der Waals surface area contributed by atoms with Crippen molar-refractivity contribution in [3.05, 3.63) is 59.7 Å². The van der Waals surface area contributed by atoms with Gasteiger partial charge in [0, 0.05) is 19.8 Å². The predicted molar refractivity (Wildman–Crippen MR) is 89.3 cm³/mol. The highest BCUT2D eigenvalue weighted by Gasteiger charge is 2.13. The topological polar surface area (TPSA) is 24.5 Å². The van der Waals surface area contributed by atoms with Crippen molar-refractivity contribution >= 4 is 5.69 Å². The van der Waals surface area contributed by atoms with Crippen LogP contribution in [0.3, 0.4) is 0 Å². The monoisotopic (exact) mass is 284 g/mol. The Hall–Kier alpha value is -2.00. The summed E-state index contributed by atoms with van der Waals surface area (Å²) in [4.78, 5) is 2.11. The van der Waals surface area contributed by atoms with Crippen LogP contribution >= 0.6 is 0 Å². The van der Waals surface area contributed by atoms with Gasteiger partial charge in [-0.05, 0) is 41.9 Å². The van der Waals surface area contributed by atoms with E-state index >= 15 is 0 Å². The number of nitrogens with zero attached hydrogens (tertiary/aromatic N) is 1. The van der Waals surface area contributed by atoms with Gasteiger partial charge in [0.2, 0.25) is 0 Å². The van der Waals surface area contributed by atoms with Crippen molar-refractivity contribution in [1.29, 1.82) is 0 Å². The summed E-state index contributed by atoms with van der Waals surface area (Å²) in [5, 5.41) is 3.55. The molecule has 112 valence electrons. The molecule has 0 spiro atoms. The zero-order chi connectivity index (χ0) is 15.2. The lowest BCUT2D eigenvalue weighted by atomic mass is 9.98. The van der Waals surface area contributed by atoms with Crippen LogP contribution in [0.5, 0.6) is 5.75 Å². The van der Waals surface area contributed by atoms with E-state index in [-0.39, 0.29) is 6.04 Å². The van der Waals surface area contributed by atoms with E-state index in [2.05, 4.69) is 67.6 Å². The Morgan fingerprint density at radius 2 is 1.76 bits per heavy atom. The van der Waals surface area contributed by atoms with Crippen molar-refractivity contribution < 1.29 is 4.74 Å². The van der Waals surface area contributed by atoms with Gasteiger partial charge in [0.05, 0.1) is 13.2 Å².